The van der Waals surface area contributed by atoms with Crippen LogP contribution in [0, 0.1) is 0 Å². The number of carbonyl (C=O) groups is 2. The Bertz CT molecular complexity index is 644. The number of hydrogen-bond acceptors (Lipinski definition) is 8. The molecule has 1 unspecified atom stereocenters. The van der Waals surface area contributed by atoms with Crippen LogP contribution >= 0.6 is 17.1 Å². The molecule has 0 amide bonds. The van der Waals surface area contributed by atoms with E-state index in [-0.39, 0.29) is 0 Å². The summed E-state index contributed by atoms with van der Waals surface area (Å²) in [7, 11) is 2.26. The normalized spacial score (nSPS) is 23.5. The fourth-order valence-electron chi connectivity index (χ4n) is 0.846. The van der Waals surface area contributed by atoms with Gasteiger partial charge in [-0.1, -0.05) is 11.4 Å². The summed E-state index contributed by atoms with van der Waals surface area (Å²) in [6, 6.07) is 0. The highest BCUT2D eigenvalue weighted by Gasteiger charge is 2.32. The maximum atomic E-state index is 12.3. The molecule has 0 aromatic heterocycles. The van der Waals surface area contributed by atoms with E-state index in [1.54, 1.807) is 0 Å². The Morgan fingerprint density at radius 3 is 2.42 bits per heavy atom. The summed E-state index contributed by atoms with van der Waals surface area (Å²) < 4.78 is 90.0. The van der Waals surface area contributed by atoms with Crippen LogP contribution in [0.2, 0.25) is 0 Å². The molecular formula is C10H19O6PS2. The van der Waals surface area contributed by atoms with Crippen LogP contribution in [0.3, 0.4) is 0 Å². The number of carbonyl (C=O) groups excluding carboxylic acids is 2. The van der Waals surface area contributed by atoms with Crippen molar-refractivity contribution in [3.8, 4) is 0 Å². The molecule has 0 saturated carbocycles. The van der Waals surface area contributed by atoms with Crippen LogP contribution in [0.1, 0.15) is 33.8 Å². The zero-order valence-corrected chi connectivity index (χ0v) is 12.5. The van der Waals surface area contributed by atoms with Gasteiger partial charge in [-0.2, -0.15) is 0 Å². The molecule has 0 aliphatic heterocycles. The first-order chi connectivity index (χ1) is 12.7. The molecule has 0 bridgehead atoms. The molecule has 0 fully saturated rings. The van der Waals surface area contributed by atoms with Gasteiger partial charge in [0, 0.05) is 22.4 Å². The third kappa shape index (κ3) is 7.27. The van der Waals surface area contributed by atoms with Crippen molar-refractivity contribution in [2.45, 2.75) is 25.4 Å². The lowest BCUT2D eigenvalue weighted by Gasteiger charge is -2.21. The fourth-order valence-corrected chi connectivity index (χ4v) is 4.69. The SMILES string of the molecule is [2H]C([2H])([2H])C([2H])([2H])OC(=O)CC(SP(=S)(OC)OC)C(=O)OC([2H])([2H])C([2H])([2H])[2H]. The average Bonchev–Trinajstić information content (AvgIpc) is 2.50. The van der Waals surface area contributed by atoms with Gasteiger partial charge in [0.1, 0.15) is 5.25 Å². The lowest BCUT2D eigenvalue weighted by atomic mass is 10.3. The monoisotopic (exact) mass is 340 g/mol. The van der Waals surface area contributed by atoms with E-state index in [1.165, 1.54) is 0 Å². The van der Waals surface area contributed by atoms with Crippen LogP contribution in [0.4, 0.5) is 0 Å². The second kappa shape index (κ2) is 9.72. The smallest absolute Gasteiger partial charge is 0.320 e. The Kier molecular flexibility index (Phi) is 3.96. The molecule has 0 radical (unpaired) electrons. The first-order valence-corrected chi connectivity index (χ1v) is 8.68. The molecule has 0 aromatic rings. The highest BCUT2D eigenvalue weighted by atomic mass is 32.9. The van der Waals surface area contributed by atoms with Crippen LogP contribution < -0.4 is 0 Å². The molecule has 0 aliphatic carbocycles. The molecule has 6 nitrogen and oxygen atoms in total. The molecule has 0 spiro atoms. The van der Waals surface area contributed by atoms with E-state index < -0.39 is 56.1 Å². The second-order valence-corrected chi connectivity index (χ2v) is 9.32. The van der Waals surface area contributed by atoms with Crippen molar-refractivity contribution >= 4 is 40.8 Å². The summed E-state index contributed by atoms with van der Waals surface area (Å²) in [4.78, 5) is 24.3. The molecule has 0 rings (SSSR count). The van der Waals surface area contributed by atoms with Crippen molar-refractivity contribution < 1.29 is 41.8 Å². The average molecular weight is 340 g/mol. The summed E-state index contributed by atoms with van der Waals surface area (Å²) in [6.45, 7) is -13.5. The predicted octanol–water partition coefficient (Wildman–Crippen LogP) is 2.12. The van der Waals surface area contributed by atoms with Crippen LogP contribution in [0.25, 0.3) is 0 Å². The van der Waals surface area contributed by atoms with Crippen molar-refractivity contribution in [3.63, 3.8) is 0 Å². The third-order valence-electron chi connectivity index (χ3n) is 1.63. The summed E-state index contributed by atoms with van der Waals surface area (Å²) in [6.07, 6.45) is -1.03. The van der Waals surface area contributed by atoms with E-state index >= 15 is 0 Å². The maximum absolute atomic E-state index is 12.3. The fraction of sp³-hybridized carbons (Fsp3) is 0.800. The summed E-state index contributed by atoms with van der Waals surface area (Å²) in [5.74, 6) is -3.03. The molecule has 112 valence electrons. The Hall–Kier alpha value is -0.140. The zero-order valence-electron chi connectivity index (χ0n) is 20.0. The Balaban J connectivity index is 5.65. The van der Waals surface area contributed by atoms with Crippen molar-refractivity contribution in [3.05, 3.63) is 0 Å². The van der Waals surface area contributed by atoms with Crippen LogP contribution in [0.5, 0.6) is 0 Å². The van der Waals surface area contributed by atoms with E-state index in [2.05, 4.69) is 9.47 Å². The van der Waals surface area contributed by atoms with Crippen molar-refractivity contribution in [2.24, 2.45) is 0 Å². The molecule has 19 heavy (non-hydrogen) atoms. The lowest BCUT2D eigenvalue weighted by Crippen LogP contribution is -2.24. The Morgan fingerprint density at radius 1 is 1.32 bits per heavy atom. The number of esters is 2. The maximum Gasteiger partial charge on any atom is 0.320 e. The van der Waals surface area contributed by atoms with E-state index in [0.717, 1.165) is 14.2 Å². The highest BCUT2D eigenvalue weighted by molar-refractivity contribution is 8.68. The van der Waals surface area contributed by atoms with Crippen molar-refractivity contribution in [2.75, 3.05) is 27.3 Å². The number of hydrogen-bond donors (Lipinski definition) is 0. The van der Waals surface area contributed by atoms with E-state index in [4.69, 9.17) is 34.6 Å². The lowest BCUT2D eigenvalue weighted by molar-refractivity contribution is -0.149. The van der Waals surface area contributed by atoms with Gasteiger partial charge >= 0.3 is 11.9 Å². The van der Waals surface area contributed by atoms with Gasteiger partial charge in [-0.25, -0.2) is 0 Å². The minimum absolute atomic E-state index is 0.406. The van der Waals surface area contributed by atoms with Gasteiger partial charge in [-0.05, 0) is 25.5 Å². The zero-order chi connectivity index (χ0) is 23.5. The number of ether oxygens (including phenoxy) is 2. The van der Waals surface area contributed by atoms with E-state index in [9.17, 15) is 9.59 Å². The third-order valence-corrected chi connectivity index (χ3v) is 7.50. The van der Waals surface area contributed by atoms with Gasteiger partial charge in [-0.3, -0.25) is 9.59 Å². The van der Waals surface area contributed by atoms with Crippen LogP contribution in [0.15, 0.2) is 0 Å². The molecule has 0 aliphatic rings. The first kappa shape index (κ1) is 7.75. The molecule has 9 heteroatoms. The summed E-state index contributed by atoms with van der Waals surface area (Å²) in [5.41, 5.74) is -3.26. The van der Waals surface area contributed by atoms with Crippen LogP contribution in [-0.2, 0) is 39.9 Å². The molecule has 0 saturated heterocycles. The van der Waals surface area contributed by atoms with Gasteiger partial charge < -0.3 is 18.5 Å². The van der Waals surface area contributed by atoms with Crippen molar-refractivity contribution in [1.29, 1.82) is 0 Å². The summed E-state index contributed by atoms with van der Waals surface area (Å²) >= 11 is 5.44. The Morgan fingerprint density at radius 2 is 1.89 bits per heavy atom. The molecule has 0 N–H and O–H groups in total. The first-order valence-electron chi connectivity index (χ1n) is 9.56. The highest BCUT2D eigenvalue weighted by Crippen LogP contribution is 2.62. The Labute approximate surface area is 136 Å². The van der Waals surface area contributed by atoms with Gasteiger partial charge in [0.25, 0.3) is 0 Å². The summed E-state index contributed by atoms with van der Waals surface area (Å²) in [5, 5.41) is -1.74. The van der Waals surface area contributed by atoms with Gasteiger partial charge in [0.05, 0.1) is 25.0 Å². The van der Waals surface area contributed by atoms with E-state index in [0.29, 0.717) is 11.4 Å². The largest absolute Gasteiger partial charge is 0.466 e. The molecule has 1 atom stereocenters. The number of rotatable bonds is 9. The minimum Gasteiger partial charge on any atom is -0.466 e. The standard InChI is InChI=1S/C10H19O6PS2/c1-5-15-9(11)7-8(10(12)16-6-2)19-17(18,13-3)14-4/h8H,5-7H2,1-4H3/i1D3,2D3,5D2,6D2. The van der Waals surface area contributed by atoms with Crippen LogP contribution in [-0.4, -0.2) is 44.5 Å². The van der Waals surface area contributed by atoms with E-state index in [1.807, 2.05) is 0 Å². The van der Waals surface area contributed by atoms with Crippen molar-refractivity contribution in [1.82, 2.24) is 0 Å². The topological polar surface area (TPSA) is 71.1 Å². The van der Waals surface area contributed by atoms with Gasteiger partial charge in [0.2, 0.25) is 5.69 Å². The minimum atomic E-state index is -3.41. The quantitative estimate of drug-likeness (QED) is 0.467. The predicted molar refractivity (Wildman–Crippen MR) is 77.6 cm³/mol. The molecule has 0 aromatic carbocycles. The molecular weight excluding hydrogens is 311 g/mol. The van der Waals surface area contributed by atoms with Gasteiger partial charge in [0.15, 0.2) is 0 Å². The second-order valence-electron chi connectivity index (χ2n) is 2.71. The molecule has 0 heterocycles. The van der Waals surface area contributed by atoms with Gasteiger partial charge in [-0.15, -0.1) is 0 Å².